The quantitative estimate of drug-likeness (QED) is 0.321. The maximum absolute atomic E-state index is 2.51. The standard InChI is InChI=1S/C32H24/c1-2-10-21(9-1)28-20-29-26-16-8-6-14-24(26)19-30(29)31(23-12-3-4-13-23)32(28)27-18-17-22-11-5-7-15-25(22)27/h1-9,11-12,14-18,20,27H,10,13,19H2. The van der Waals surface area contributed by atoms with Gasteiger partial charge in [0, 0.05) is 5.92 Å². The molecule has 4 aliphatic carbocycles. The Hall–Kier alpha value is -3.64. The van der Waals surface area contributed by atoms with Crippen molar-refractivity contribution in [3.05, 3.63) is 136 Å². The molecule has 32 heavy (non-hydrogen) atoms. The Balaban J connectivity index is 1.56. The van der Waals surface area contributed by atoms with Crippen molar-refractivity contribution in [2.75, 3.05) is 0 Å². The molecule has 0 saturated heterocycles. The minimum atomic E-state index is 0.299. The van der Waals surface area contributed by atoms with Crippen LogP contribution in [0.25, 0.3) is 28.3 Å². The first-order chi connectivity index (χ1) is 15.9. The van der Waals surface area contributed by atoms with Crippen molar-refractivity contribution >= 4 is 17.2 Å². The highest BCUT2D eigenvalue weighted by Gasteiger charge is 2.32. The maximum Gasteiger partial charge on any atom is 0.0290 e. The van der Waals surface area contributed by atoms with E-state index in [4.69, 9.17) is 0 Å². The molecule has 4 aliphatic rings. The zero-order valence-corrected chi connectivity index (χ0v) is 18.0. The zero-order valence-electron chi connectivity index (χ0n) is 18.0. The summed E-state index contributed by atoms with van der Waals surface area (Å²) in [6.07, 6.45) is 21.5. The van der Waals surface area contributed by atoms with Crippen LogP contribution in [0.1, 0.15) is 57.7 Å². The smallest absolute Gasteiger partial charge is 0.0290 e. The minimum Gasteiger partial charge on any atom is -0.0801 e. The average molecular weight is 409 g/mol. The van der Waals surface area contributed by atoms with Crippen LogP contribution >= 0.6 is 0 Å². The van der Waals surface area contributed by atoms with Crippen LogP contribution in [-0.2, 0) is 6.42 Å². The normalized spacial score (nSPS) is 19.2. The lowest BCUT2D eigenvalue weighted by Crippen LogP contribution is -2.08. The van der Waals surface area contributed by atoms with E-state index in [0.717, 1.165) is 19.3 Å². The van der Waals surface area contributed by atoms with Gasteiger partial charge in [-0.25, -0.2) is 0 Å². The Morgan fingerprint density at radius 1 is 0.719 bits per heavy atom. The fraction of sp³-hybridized carbons (Fsp3) is 0.125. The number of hydrogen-bond donors (Lipinski definition) is 0. The first-order valence-electron chi connectivity index (χ1n) is 11.7. The second-order valence-electron chi connectivity index (χ2n) is 9.19. The molecular weight excluding hydrogens is 384 g/mol. The highest BCUT2D eigenvalue weighted by Crippen LogP contribution is 2.50. The Morgan fingerprint density at radius 3 is 2.34 bits per heavy atom. The van der Waals surface area contributed by atoms with E-state index in [1.165, 1.54) is 61.2 Å². The van der Waals surface area contributed by atoms with Gasteiger partial charge < -0.3 is 0 Å². The lowest BCUT2D eigenvalue weighted by atomic mass is 9.78. The van der Waals surface area contributed by atoms with Gasteiger partial charge in [-0.1, -0.05) is 97.1 Å². The lowest BCUT2D eigenvalue weighted by Gasteiger charge is -2.25. The van der Waals surface area contributed by atoms with Crippen LogP contribution in [0.4, 0.5) is 0 Å². The molecule has 3 aromatic carbocycles. The molecule has 0 aromatic heterocycles. The Bertz CT molecular complexity index is 1430. The average Bonchev–Trinajstić information content (AvgIpc) is 3.64. The van der Waals surface area contributed by atoms with E-state index < -0.39 is 0 Å². The molecule has 0 aliphatic heterocycles. The van der Waals surface area contributed by atoms with Gasteiger partial charge >= 0.3 is 0 Å². The third-order valence-corrected chi connectivity index (χ3v) is 7.47. The molecule has 1 unspecified atom stereocenters. The molecule has 0 fully saturated rings. The molecule has 3 aromatic rings. The van der Waals surface area contributed by atoms with Crippen LogP contribution in [0, 0.1) is 0 Å². The van der Waals surface area contributed by atoms with Gasteiger partial charge in [-0.3, -0.25) is 0 Å². The fourth-order valence-electron chi connectivity index (χ4n) is 6.03. The van der Waals surface area contributed by atoms with Crippen LogP contribution in [-0.4, -0.2) is 0 Å². The van der Waals surface area contributed by atoms with Crippen molar-refractivity contribution in [3.8, 4) is 11.1 Å². The molecule has 0 saturated carbocycles. The molecule has 152 valence electrons. The van der Waals surface area contributed by atoms with E-state index in [1.807, 2.05) is 0 Å². The third-order valence-electron chi connectivity index (χ3n) is 7.47. The molecule has 7 rings (SSSR count). The third kappa shape index (κ3) is 2.56. The molecule has 0 heteroatoms. The van der Waals surface area contributed by atoms with Gasteiger partial charge in [-0.05, 0) is 86.5 Å². The molecule has 1 atom stereocenters. The van der Waals surface area contributed by atoms with Crippen LogP contribution in [0.2, 0.25) is 0 Å². The van der Waals surface area contributed by atoms with Gasteiger partial charge in [0.25, 0.3) is 0 Å². The van der Waals surface area contributed by atoms with Gasteiger partial charge in [0.2, 0.25) is 0 Å². The van der Waals surface area contributed by atoms with Crippen molar-refractivity contribution in [1.29, 1.82) is 0 Å². The van der Waals surface area contributed by atoms with E-state index in [2.05, 4.69) is 103 Å². The van der Waals surface area contributed by atoms with Gasteiger partial charge in [-0.15, -0.1) is 0 Å². The first kappa shape index (κ1) is 18.0. The number of rotatable bonds is 3. The second-order valence-corrected chi connectivity index (χ2v) is 9.19. The summed E-state index contributed by atoms with van der Waals surface area (Å²) in [6.45, 7) is 0. The first-order valence-corrected chi connectivity index (χ1v) is 11.7. The van der Waals surface area contributed by atoms with Crippen molar-refractivity contribution in [2.24, 2.45) is 0 Å². The van der Waals surface area contributed by atoms with Crippen LogP contribution in [0.15, 0.2) is 97.1 Å². The summed E-state index contributed by atoms with van der Waals surface area (Å²) in [4.78, 5) is 0. The number of hydrogen-bond acceptors (Lipinski definition) is 0. The highest BCUT2D eigenvalue weighted by molar-refractivity contribution is 5.92. The monoisotopic (exact) mass is 408 g/mol. The van der Waals surface area contributed by atoms with E-state index in [1.54, 1.807) is 0 Å². The summed E-state index contributed by atoms with van der Waals surface area (Å²) in [5, 5.41) is 0. The van der Waals surface area contributed by atoms with Gasteiger partial charge in [0.05, 0.1) is 0 Å². The fourth-order valence-corrected chi connectivity index (χ4v) is 6.03. The summed E-state index contributed by atoms with van der Waals surface area (Å²) in [5.41, 5.74) is 16.0. The predicted molar refractivity (Wildman–Crippen MR) is 135 cm³/mol. The summed E-state index contributed by atoms with van der Waals surface area (Å²) >= 11 is 0. The number of allylic oxidation sites excluding steroid dienone is 9. The molecule has 0 bridgehead atoms. The van der Waals surface area contributed by atoms with Crippen molar-refractivity contribution < 1.29 is 0 Å². The second kappa shape index (κ2) is 6.93. The summed E-state index contributed by atoms with van der Waals surface area (Å²) < 4.78 is 0. The van der Waals surface area contributed by atoms with Gasteiger partial charge in [0.1, 0.15) is 0 Å². The number of benzene rings is 3. The molecule has 0 spiro atoms. The van der Waals surface area contributed by atoms with Crippen LogP contribution in [0.3, 0.4) is 0 Å². The topological polar surface area (TPSA) is 0 Å². The highest BCUT2D eigenvalue weighted by atomic mass is 14.4. The maximum atomic E-state index is 2.51. The Kier molecular flexibility index (Phi) is 3.90. The molecule has 0 radical (unpaired) electrons. The van der Waals surface area contributed by atoms with E-state index in [-0.39, 0.29) is 0 Å². The SMILES string of the molecule is C1=CCC(c2cc3c(c(C4=CC=CC4)c2C2C=Cc4ccccc42)Cc2ccccc2-3)=C1. The van der Waals surface area contributed by atoms with E-state index >= 15 is 0 Å². The summed E-state index contributed by atoms with van der Waals surface area (Å²) in [6, 6.07) is 20.4. The van der Waals surface area contributed by atoms with Gasteiger partial charge in [0.15, 0.2) is 0 Å². The molecular formula is C32H24. The van der Waals surface area contributed by atoms with Crippen LogP contribution in [0.5, 0.6) is 0 Å². The minimum absolute atomic E-state index is 0.299. The summed E-state index contributed by atoms with van der Waals surface area (Å²) in [5.74, 6) is 0.299. The Labute approximate surface area is 189 Å². The number of fused-ring (bicyclic) bond motifs is 4. The van der Waals surface area contributed by atoms with E-state index in [0.29, 0.717) is 5.92 Å². The zero-order chi connectivity index (χ0) is 21.1. The molecule has 0 heterocycles. The van der Waals surface area contributed by atoms with E-state index in [9.17, 15) is 0 Å². The largest absolute Gasteiger partial charge is 0.0801 e. The Morgan fingerprint density at radius 2 is 1.50 bits per heavy atom. The predicted octanol–water partition coefficient (Wildman–Crippen LogP) is 8.10. The molecule has 0 N–H and O–H groups in total. The van der Waals surface area contributed by atoms with Gasteiger partial charge in [-0.2, -0.15) is 0 Å². The van der Waals surface area contributed by atoms with Crippen LogP contribution < -0.4 is 0 Å². The lowest BCUT2D eigenvalue weighted by molar-refractivity contribution is 1.02. The molecule has 0 amide bonds. The van der Waals surface area contributed by atoms with Crippen molar-refractivity contribution in [2.45, 2.75) is 25.2 Å². The molecule has 0 nitrogen and oxygen atoms in total. The summed E-state index contributed by atoms with van der Waals surface area (Å²) in [7, 11) is 0. The van der Waals surface area contributed by atoms with Crippen molar-refractivity contribution in [3.63, 3.8) is 0 Å². The van der Waals surface area contributed by atoms with Crippen molar-refractivity contribution in [1.82, 2.24) is 0 Å².